The predicted molar refractivity (Wildman–Crippen MR) is 112 cm³/mol. The normalized spacial score (nSPS) is 11.1. The number of benzene rings is 2. The van der Waals surface area contributed by atoms with E-state index >= 15 is 0 Å². The van der Waals surface area contributed by atoms with Crippen LogP contribution in [0.25, 0.3) is 21.7 Å². The first kappa shape index (κ1) is 16.4. The Bertz CT molecular complexity index is 1240. The summed E-state index contributed by atoms with van der Waals surface area (Å²) < 4.78 is 0. The SMILES string of the molecule is c1ccc2c(Cc3ccncc3)nnc(CNc3ccc4[nH]ccc4c3)c2c1. The zero-order chi connectivity index (χ0) is 18.8. The number of aromatic amines is 1. The van der Waals surface area contributed by atoms with E-state index in [0.29, 0.717) is 6.54 Å². The van der Waals surface area contributed by atoms with Crippen molar-refractivity contribution in [1.29, 1.82) is 0 Å². The van der Waals surface area contributed by atoms with E-state index in [1.54, 1.807) is 0 Å². The monoisotopic (exact) mass is 365 g/mol. The van der Waals surface area contributed by atoms with Gasteiger partial charge in [-0.05, 0) is 42.0 Å². The maximum Gasteiger partial charge on any atom is 0.0900 e. The predicted octanol–water partition coefficient (Wildman–Crippen LogP) is 4.71. The Hall–Kier alpha value is -3.73. The lowest BCUT2D eigenvalue weighted by Gasteiger charge is -2.11. The molecule has 0 amide bonds. The van der Waals surface area contributed by atoms with Gasteiger partial charge in [0.25, 0.3) is 0 Å². The highest BCUT2D eigenvalue weighted by Gasteiger charge is 2.10. The summed E-state index contributed by atoms with van der Waals surface area (Å²) in [5.41, 5.74) is 5.32. The van der Waals surface area contributed by atoms with Crippen LogP contribution in [0.15, 0.2) is 79.3 Å². The highest BCUT2D eigenvalue weighted by atomic mass is 15.1. The Morgan fingerprint density at radius 3 is 2.46 bits per heavy atom. The fourth-order valence-electron chi connectivity index (χ4n) is 3.52. The molecule has 2 aromatic carbocycles. The fourth-order valence-corrected chi connectivity index (χ4v) is 3.52. The van der Waals surface area contributed by atoms with E-state index in [9.17, 15) is 0 Å². The minimum absolute atomic E-state index is 0.624. The summed E-state index contributed by atoms with van der Waals surface area (Å²) in [5, 5.41) is 16.0. The third-order valence-electron chi connectivity index (χ3n) is 4.97. The number of fused-ring (bicyclic) bond motifs is 2. The molecule has 28 heavy (non-hydrogen) atoms. The zero-order valence-corrected chi connectivity index (χ0v) is 15.3. The molecule has 0 aliphatic carbocycles. The average molecular weight is 365 g/mol. The summed E-state index contributed by atoms with van der Waals surface area (Å²) in [6, 6.07) is 20.7. The Balaban J connectivity index is 1.44. The van der Waals surface area contributed by atoms with Crippen LogP contribution < -0.4 is 5.32 Å². The summed E-state index contributed by atoms with van der Waals surface area (Å²) in [4.78, 5) is 7.30. The molecule has 0 aliphatic rings. The number of H-pyrrole nitrogens is 1. The van der Waals surface area contributed by atoms with E-state index < -0.39 is 0 Å². The molecule has 5 rings (SSSR count). The molecule has 136 valence electrons. The van der Waals surface area contributed by atoms with E-state index in [0.717, 1.165) is 39.8 Å². The van der Waals surface area contributed by atoms with Gasteiger partial charge in [0.2, 0.25) is 0 Å². The van der Waals surface area contributed by atoms with Gasteiger partial charge in [0, 0.05) is 52.4 Å². The van der Waals surface area contributed by atoms with Crippen LogP contribution in [-0.2, 0) is 13.0 Å². The van der Waals surface area contributed by atoms with Crippen LogP contribution in [0.3, 0.4) is 0 Å². The molecular weight excluding hydrogens is 346 g/mol. The highest BCUT2D eigenvalue weighted by molar-refractivity contribution is 5.87. The molecule has 3 aromatic heterocycles. The molecule has 0 unspecified atom stereocenters. The largest absolute Gasteiger partial charge is 0.379 e. The fraction of sp³-hybridized carbons (Fsp3) is 0.0870. The molecule has 0 atom stereocenters. The van der Waals surface area contributed by atoms with Crippen molar-refractivity contribution in [3.8, 4) is 0 Å². The Labute approximate surface area is 162 Å². The smallest absolute Gasteiger partial charge is 0.0900 e. The first-order valence-corrected chi connectivity index (χ1v) is 9.30. The van der Waals surface area contributed by atoms with Crippen molar-refractivity contribution in [2.75, 3.05) is 5.32 Å². The lowest BCUT2D eigenvalue weighted by atomic mass is 10.0. The molecule has 0 fully saturated rings. The number of nitrogens with one attached hydrogen (secondary N) is 2. The number of pyridine rings is 1. The van der Waals surface area contributed by atoms with Crippen molar-refractivity contribution in [1.82, 2.24) is 20.2 Å². The van der Waals surface area contributed by atoms with Crippen LogP contribution in [0.2, 0.25) is 0 Å². The number of anilines is 1. The van der Waals surface area contributed by atoms with E-state index in [2.05, 4.69) is 74.0 Å². The van der Waals surface area contributed by atoms with Crippen molar-refractivity contribution in [2.24, 2.45) is 0 Å². The van der Waals surface area contributed by atoms with Crippen molar-refractivity contribution >= 4 is 27.4 Å². The third kappa shape index (κ3) is 3.18. The van der Waals surface area contributed by atoms with Gasteiger partial charge in [-0.25, -0.2) is 0 Å². The summed E-state index contributed by atoms with van der Waals surface area (Å²) in [6.45, 7) is 0.624. The van der Waals surface area contributed by atoms with E-state index in [1.165, 1.54) is 10.9 Å². The summed E-state index contributed by atoms with van der Waals surface area (Å²) in [6.07, 6.45) is 6.32. The van der Waals surface area contributed by atoms with Gasteiger partial charge in [0.15, 0.2) is 0 Å². The van der Waals surface area contributed by atoms with Crippen LogP contribution in [0.5, 0.6) is 0 Å². The summed E-state index contributed by atoms with van der Waals surface area (Å²) in [7, 11) is 0. The quantitative estimate of drug-likeness (QED) is 0.473. The Kier molecular flexibility index (Phi) is 4.18. The molecule has 5 aromatic rings. The number of hydrogen-bond donors (Lipinski definition) is 2. The lowest BCUT2D eigenvalue weighted by Crippen LogP contribution is -2.06. The van der Waals surface area contributed by atoms with E-state index in [1.807, 2.05) is 30.7 Å². The molecular formula is C23H19N5. The van der Waals surface area contributed by atoms with Gasteiger partial charge in [0.05, 0.1) is 17.9 Å². The van der Waals surface area contributed by atoms with Crippen LogP contribution in [0.4, 0.5) is 5.69 Å². The maximum atomic E-state index is 4.54. The maximum absolute atomic E-state index is 4.54. The van der Waals surface area contributed by atoms with Crippen molar-refractivity contribution in [3.05, 3.63) is 96.2 Å². The highest BCUT2D eigenvalue weighted by Crippen LogP contribution is 2.23. The van der Waals surface area contributed by atoms with Gasteiger partial charge in [-0.15, -0.1) is 0 Å². The summed E-state index contributed by atoms with van der Waals surface area (Å²) in [5.74, 6) is 0. The minimum atomic E-state index is 0.624. The number of hydrogen-bond acceptors (Lipinski definition) is 4. The first-order chi connectivity index (χ1) is 13.9. The molecule has 0 saturated heterocycles. The first-order valence-electron chi connectivity index (χ1n) is 9.30. The van der Waals surface area contributed by atoms with E-state index in [4.69, 9.17) is 0 Å². The van der Waals surface area contributed by atoms with Crippen molar-refractivity contribution < 1.29 is 0 Å². The molecule has 3 heterocycles. The van der Waals surface area contributed by atoms with Crippen molar-refractivity contribution in [2.45, 2.75) is 13.0 Å². The van der Waals surface area contributed by atoms with Gasteiger partial charge < -0.3 is 10.3 Å². The topological polar surface area (TPSA) is 66.5 Å². The van der Waals surface area contributed by atoms with Gasteiger partial charge in [-0.2, -0.15) is 10.2 Å². The van der Waals surface area contributed by atoms with E-state index in [-0.39, 0.29) is 0 Å². The number of nitrogens with zero attached hydrogens (tertiary/aromatic N) is 3. The van der Waals surface area contributed by atoms with Gasteiger partial charge in [-0.1, -0.05) is 24.3 Å². The number of rotatable bonds is 5. The second-order valence-corrected chi connectivity index (χ2v) is 6.80. The Morgan fingerprint density at radius 2 is 1.61 bits per heavy atom. The van der Waals surface area contributed by atoms with Crippen LogP contribution in [0, 0.1) is 0 Å². The zero-order valence-electron chi connectivity index (χ0n) is 15.3. The molecule has 0 saturated carbocycles. The van der Waals surface area contributed by atoms with Gasteiger partial charge >= 0.3 is 0 Å². The van der Waals surface area contributed by atoms with Gasteiger partial charge in [0.1, 0.15) is 0 Å². The molecule has 2 N–H and O–H groups in total. The third-order valence-corrected chi connectivity index (χ3v) is 4.97. The van der Waals surface area contributed by atoms with Gasteiger partial charge in [-0.3, -0.25) is 4.98 Å². The van der Waals surface area contributed by atoms with Crippen molar-refractivity contribution in [3.63, 3.8) is 0 Å². The molecule has 0 aliphatic heterocycles. The average Bonchev–Trinajstić information content (AvgIpc) is 3.22. The van der Waals surface area contributed by atoms with Crippen LogP contribution in [0.1, 0.15) is 17.0 Å². The molecule has 5 heteroatoms. The Morgan fingerprint density at radius 1 is 0.821 bits per heavy atom. The number of aromatic nitrogens is 4. The second kappa shape index (κ2) is 7.12. The van der Waals surface area contributed by atoms with Crippen LogP contribution >= 0.6 is 0 Å². The minimum Gasteiger partial charge on any atom is -0.379 e. The summed E-state index contributed by atoms with van der Waals surface area (Å²) >= 11 is 0. The molecule has 0 radical (unpaired) electrons. The molecule has 5 nitrogen and oxygen atoms in total. The van der Waals surface area contributed by atoms with Crippen LogP contribution in [-0.4, -0.2) is 20.2 Å². The molecule has 0 spiro atoms. The standard InChI is InChI=1S/C23H19N5/c1-2-4-20-19(3-1)22(13-16-7-10-24-11-8-16)27-28-23(20)15-26-18-5-6-21-17(14-18)9-12-25-21/h1-12,14,25-26H,13,15H2. The lowest BCUT2D eigenvalue weighted by molar-refractivity contribution is 0.897. The second-order valence-electron chi connectivity index (χ2n) is 6.80. The molecule has 0 bridgehead atoms.